The fourth-order valence-corrected chi connectivity index (χ4v) is 3.62. The third-order valence-electron chi connectivity index (χ3n) is 3.35. The maximum Gasteiger partial charge on any atom is 0.336 e. The van der Waals surface area contributed by atoms with Crippen molar-refractivity contribution >= 4 is 31.9 Å². The van der Waals surface area contributed by atoms with Gasteiger partial charge in [-0.2, -0.15) is 0 Å². The highest BCUT2D eigenvalue weighted by Gasteiger charge is 2.20. The van der Waals surface area contributed by atoms with Gasteiger partial charge in [0.25, 0.3) is 0 Å². The Morgan fingerprint density at radius 3 is 2.86 bits per heavy atom. The molecule has 1 heterocycles. The second-order valence-electron chi connectivity index (χ2n) is 4.86. The number of carboxylic acid groups (broad SMARTS) is 1. The number of aromatic carboxylic acids is 1. The minimum atomic E-state index is -3.70. The highest BCUT2D eigenvalue weighted by atomic mass is 79.9. The number of sulfonamides is 1. The van der Waals surface area contributed by atoms with Gasteiger partial charge in [0.05, 0.1) is 10.5 Å². The Morgan fingerprint density at radius 1 is 1.48 bits per heavy atom. The Hall–Kier alpha value is -0.960. The molecule has 1 fully saturated rings. The lowest BCUT2D eigenvalue weighted by Crippen LogP contribution is -2.26. The van der Waals surface area contributed by atoms with Crippen LogP contribution in [0.1, 0.15) is 23.2 Å². The Kier molecular flexibility index (Phi) is 5.37. The lowest BCUT2D eigenvalue weighted by atomic mass is 10.1. The van der Waals surface area contributed by atoms with Gasteiger partial charge in [-0.05, 0) is 52.9 Å². The second kappa shape index (κ2) is 6.87. The number of benzene rings is 1. The van der Waals surface area contributed by atoms with Crippen molar-refractivity contribution in [3.8, 4) is 0 Å². The summed E-state index contributed by atoms with van der Waals surface area (Å²) in [6.45, 7) is 1.71. The van der Waals surface area contributed by atoms with Crippen molar-refractivity contribution in [2.24, 2.45) is 5.92 Å². The van der Waals surface area contributed by atoms with Gasteiger partial charge in [0.1, 0.15) is 0 Å². The quantitative estimate of drug-likeness (QED) is 0.788. The lowest BCUT2D eigenvalue weighted by Gasteiger charge is -2.10. The smallest absolute Gasteiger partial charge is 0.336 e. The first kappa shape index (κ1) is 16.4. The van der Waals surface area contributed by atoms with E-state index in [0.717, 1.165) is 19.1 Å². The topological polar surface area (TPSA) is 92.7 Å². The summed E-state index contributed by atoms with van der Waals surface area (Å²) in [5, 5.41) is 9.02. The summed E-state index contributed by atoms with van der Waals surface area (Å²) >= 11 is 3.09. The molecule has 0 spiro atoms. The second-order valence-corrected chi connectivity index (χ2v) is 7.48. The van der Waals surface area contributed by atoms with Gasteiger partial charge < -0.3 is 9.84 Å². The summed E-state index contributed by atoms with van der Waals surface area (Å²) in [6.07, 6.45) is 1.66. The molecule has 6 nitrogen and oxygen atoms in total. The first-order chi connectivity index (χ1) is 9.90. The molecule has 2 N–H and O–H groups in total. The molecular formula is C13H16BrNO5S. The van der Waals surface area contributed by atoms with E-state index in [1.54, 1.807) is 0 Å². The van der Waals surface area contributed by atoms with E-state index in [1.165, 1.54) is 12.1 Å². The van der Waals surface area contributed by atoms with Gasteiger partial charge in [-0.15, -0.1) is 0 Å². The highest BCUT2D eigenvalue weighted by Crippen LogP contribution is 2.21. The van der Waals surface area contributed by atoms with Crippen molar-refractivity contribution in [3.63, 3.8) is 0 Å². The van der Waals surface area contributed by atoms with Crippen LogP contribution in [-0.2, 0) is 14.8 Å². The van der Waals surface area contributed by atoms with Gasteiger partial charge in [0.2, 0.25) is 10.0 Å². The Balaban J connectivity index is 2.04. The van der Waals surface area contributed by atoms with Crippen LogP contribution in [0.5, 0.6) is 0 Å². The molecule has 1 aliphatic heterocycles. The summed E-state index contributed by atoms with van der Waals surface area (Å²) in [6, 6.07) is 3.94. The van der Waals surface area contributed by atoms with E-state index in [-0.39, 0.29) is 10.5 Å². The van der Waals surface area contributed by atoms with Gasteiger partial charge in [0, 0.05) is 24.2 Å². The highest BCUT2D eigenvalue weighted by molar-refractivity contribution is 9.10. The van der Waals surface area contributed by atoms with Crippen LogP contribution < -0.4 is 4.72 Å². The molecule has 0 aromatic heterocycles. The number of carboxylic acids is 1. The maximum atomic E-state index is 12.1. The molecule has 1 unspecified atom stereocenters. The molecule has 116 valence electrons. The van der Waals surface area contributed by atoms with Gasteiger partial charge in [0.15, 0.2) is 0 Å². The van der Waals surface area contributed by atoms with E-state index in [1.807, 2.05) is 0 Å². The zero-order valence-corrected chi connectivity index (χ0v) is 13.6. The molecule has 1 aromatic carbocycles. The Labute approximate surface area is 131 Å². The molecule has 1 atom stereocenters. The van der Waals surface area contributed by atoms with Gasteiger partial charge in [-0.1, -0.05) is 0 Å². The van der Waals surface area contributed by atoms with Crippen LogP contribution in [0.2, 0.25) is 0 Å². The van der Waals surface area contributed by atoms with Gasteiger partial charge in [-0.25, -0.2) is 17.9 Å². The SMILES string of the molecule is O=C(O)c1cc(S(=O)(=O)NCCC2CCOC2)ccc1Br. The van der Waals surface area contributed by atoms with E-state index < -0.39 is 16.0 Å². The van der Waals surface area contributed by atoms with E-state index in [9.17, 15) is 13.2 Å². The molecule has 1 aliphatic rings. The molecule has 0 radical (unpaired) electrons. The fraction of sp³-hybridized carbons (Fsp3) is 0.462. The molecular weight excluding hydrogens is 362 g/mol. The fourth-order valence-electron chi connectivity index (χ4n) is 2.13. The van der Waals surface area contributed by atoms with Crippen LogP contribution in [-0.4, -0.2) is 39.3 Å². The van der Waals surface area contributed by atoms with Crippen molar-refractivity contribution in [2.75, 3.05) is 19.8 Å². The molecule has 21 heavy (non-hydrogen) atoms. The normalized spacial score (nSPS) is 18.8. The monoisotopic (exact) mass is 377 g/mol. The van der Waals surface area contributed by atoms with E-state index >= 15 is 0 Å². The standard InChI is InChI=1S/C13H16BrNO5S/c14-12-2-1-10(7-11(12)13(16)17)21(18,19)15-5-3-9-4-6-20-8-9/h1-2,7,9,15H,3-6,8H2,(H,16,17). The third kappa shape index (κ3) is 4.26. The van der Waals surface area contributed by atoms with E-state index in [0.29, 0.717) is 30.0 Å². The van der Waals surface area contributed by atoms with Crippen LogP contribution >= 0.6 is 15.9 Å². The summed E-state index contributed by atoms with van der Waals surface area (Å²) in [7, 11) is -3.70. The zero-order chi connectivity index (χ0) is 15.5. The van der Waals surface area contributed by atoms with E-state index in [2.05, 4.69) is 20.7 Å². The number of nitrogens with one attached hydrogen (secondary N) is 1. The zero-order valence-electron chi connectivity index (χ0n) is 11.2. The molecule has 0 aliphatic carbocycles. The van der Waals surface area contributed by atoms with Crippen molar-refractivity contribution in [1.82, 2.24) is 4.72 Å². The molecule has 1 saturated heterocycles. The number of halogens is 1. The van der Waals surface area contributed by atoms with Crippen LogP contribution in [0.25, 0.3) is 0 Å². The molecule has 0 saturated carbocycles. The van der Waals surface area contributed by atoms with Gasteiger partial charge in [-0.3, -0.25) is 0 Å². The van der Waals surface area contributed by atoms with E-state index in [4.69, 9.17) is 9.84 Å². The number of carbonyl (C=O) groups is 1. The first-order valence-electron chi connectivity index (χ1n) is 6.50. The molecule has 0 bridgehead atoms. The average Bonchev–Trinajstić information content (AvgIpc) is 2.91. The predicted octanol–water partition coefficient (Wildman–Crippen LogP) is 1.85. The maximum absolute atomic E-state index is 12.1. The first-order valence-corrected chi connectivity index (χ1v) is 8.78. The summed E-state index contributed by atoms with van der Waals surface area (Å²) in [5.41, 5.74) is -0.0814. The number of ether oxygens (including phenoxy) is 1. The van der Waals surface area contributed by atoms with Crippen LogP contribution in [0.3, 0.4) is 0 Å². The average molecular weight is 378 g/mol. The predicted molar refractivity (Wildman–Crippen MR) is 79.8 cm³/mol. The number of rotatable bonds is 6. The molecule has 8 heteroatoms. The van der Waals surface area contributed by atoms with Crippen molar-refractivity contribution < 1.29 is 23.1 Å². The number of hydrogen-bond acceptors (Lipinski definition) is 4. The minimum absolute atomic E-state index is 0.0502. The van der Waals surface area contributed by atoms with Crippen molar-refractivity contribution in [3.05, 3.63) is 28.2 Å². The summed E-state index contributed by atoms with van der Waals surface area (Å²) in [4.78, 5) is 11.0. The lowest BCUT2D eigenvalue weighted by molar-refractivity contribution is 0.0695. The molecule has 1 aromatic rings. The largest absolute Gasteiger partial charge is 0.478 e. The Bertz CT molecular complexity index is 625. The molecule has 2 rings (SSSR count). The van der Waals surface area contributed by atoms with Crippen LogP contribution in [0.4, 0.5) is 0 Å². The third-order valence-corrected chi connectivity index (χ3v) is 5.50. The Morgan fingerprint density at radius 2 is 2.24 bits per heavy atom. The summed E-state index contributed by atoms with van der Waals surface area (Å²) < 4.78 is 32.4. The van der Waals surface area contributed by atoms with Crippen LogP contribution in [0, 0.1) is 5.92 Å². The van der Waals surface area contributed by atoms with Crippen molar-refractivity contribution in [1.29, 1.82) is 0 Å². The van der Waals surface area contributed by atoms with Crippen LogP contribution in [0.15, 0.2) is 27.6 Å². The molecule has 0 amide bonds. The summed E-state index contributed by atoms with van der Waals surface area (Å²) in [5.74, 6) is -0.797. The number of hydrogen-bond donors (Lipinski definition) is 2. The minimum Gasteiger partial charge on any atom is -0.478 e. The van der Waals surface area contributed by atoms with Crippen molar-refractivity contribution in [2.45, 2.75) is 17.7 Å². The van der Waals surface area contributed by atoms with Gasteiger partial charge >= 0.3 is 5.97 Å².